The summed E-state index contributed by atoms with van der Waals surface area (Å²) in [6.07, 6.45) is -9.22. The van der Waals surface area contributed by atoms with Crippen molar-refractivity contribution in [3.05, 3.63) is 11.6 Å². The zero-order valence-electron chi connectivity index (χ0n) is 38.4. The Kier molecular flexibility index (Phi) is 13.0. The number of aliphatic hydroxyl groups excluding tert-OH is 5. The van der Waals surface area contributed by atoms with Crippen molar-refractivity contribution in [3.63, 3.8) is 0 Å². The van der Waals surface area contributed by atoms with E-state index in [1.807, 2.05) is 19.9 Å². The van der Waals surface area contributed by atoms with Crippen LogP contribution in [0.3, 0.4) is 0 Å². The summed E-state index contributed by atoms with van der Waals surface area (Å²) in [6, 6.07) is 0. The number of fused-ring (bicyclic) bond motifs is 7. The summed E-state index contributed by atoms with van der Waals surface area (Å²) in [6.45, 7) is 17.1. The standard InChI is InChI=1S/C47H72O16/c1-10-11-20-59-38(55)34-30(51)31(52)35(63-39-32(53)28(49)29(50)33(61-39)37(54)58-9)40(62-34)60-27-13-14-45(6)26(42(27,2)3)12-15-47(8)36(45)25(48)21-23-24-22-44(5,41(56)57)17-16-43(24,4)18-19-46(23,47)7/h21,24,26-36,39-40,49-53H,10-20,22H2,1-9H3,(H,56,57)/t24?,26?,27?,28-,29+,30+,31-,32-,33+,34+,35-,36?,39+,40-,43-,44+,45+,46?,47-/m1/s1. The average Bonchev–Trinajstić information content (AvgIpc) is 3.22. The molecule has 0 amide bonds. The Morgan fingerprint density at radius 1 is 0.762 bits per heavy atom. The lowest BCUT2D eigenvalue weighted by Gasteiger charge is -2.70. The van der Waals surface area contributed by atoms with Crippen molar-refractivity contribution in [1.82, 2.24) is 0 Å². The predicted molar refractivity (Wildman–Crippen MR) is 222 cm³/mol. The van der Waals surface area contributed by atoms with Crippen LogP contribution in [0.1, 0.15) is 126 Å². The summed E-state index contributed by atoms with van der Waals surface area (Å²) < 4.78 is 34.6. The lowest BCUT2D eigenvalue weighted by Crippen LogP contribution is -2.68. The first-order valence-corrected chi connectivity index (χ1v) is 23.1. The Hall–Kier alpha value is -2.54. The minimum atomic E-state index is -1.94. The van der Waals surface area contributed by atoms with Gasteiger partial charge in [-0.2, -0.15) is 0 Å². The lowest BCUT2D eigenvalue weighted by molar-refractivity contribution is -0.371. The predicted octanol–water partition coefficient (Wildman–Crippen LogP) is 3.59. The fraction of sp³-hybridized carbons (Fsp3) is 0.872. The van der Waals surface area contributed by atoms with Gasteiger partial charge < -0.3 is 59.1 Å². The first-order valence-electron chi connectivity index (χ1n) is 23.1. The fourth-order valence-corrected chi connectivity index (χ4v) is 13.9. The minimum Gasteiger partial charge on any atom is -0.481 e. The number of allylic oxidation sites excluding steroid dienone is 2. The molecular formula is C47H72O16. The highest BCUT2D eigenvalue weighted by Crippen LogP contribution is 2.75. The molecule has 2 saturated heterocycles. The summed E-state index contributed by atoms with van der Waals surface area (Å²) in [5.74, 6) is -3.07. The molecule has 6 fully saturated rings. The molecule has 16 heteroatoms. The number of carbonyl (C=O) groups excluding carboxylic acids is 3. The topological polar surface area (TPSA) is 245 Å². The number of esters is 2. The van der Waals surface area contributed by atoms with Crippen molar-refractivity contribution in [2.45, 2.75) is 194 Å². The van der Waals surface area contributed by atoms with E-state index in [1.165, 1.54) is 0 Å². The minimum absolute atomic E-state index is 0.00832. The van der Waals surface area contributed by atoms with Gasteiger partial charge in [0.05, 0.1) is 25.2 Å². The first-order chi connectivity index (χ1) is 29.3. The van der Waals surface area contributed by atoms with Gasteiger partial charge in [-0.1, -0.05) is 60.5 Å². The van der Waals surface area contributed by atoms with Crippen molar-refractivity contribution in [2.75, 3.05) is 13.7 Å². The van der Waals surface area contributed by atoms with E-state index < -0.39 is 107 Å². The second-order valence-corrected chi connectivity index (χ2v) is 22.0. The molecule has 0 bridgehead atoms. The highest BCUT2D eigenvalue weighted by atomic mass is 16.8. The van der Waals surface area contributed by atoms with Crippen LogP contribution >= 0.6 is 0 Å². The van der Waals surface area contributed by atoms with Crippen LogP contribution in [0.25, 0.3) is 0 Å². The summed E-state index contributed by atoms with van der Waals surface area (Å²) in [4.78, 5) is 53.4. The molecule has 0 aromatic rings. The second-order valence-electron chi connectivity index (χ2n) is 22.0. The third-order valence-electron chi connectivity index (χ3n) is 18.1. The average molecular weight is 893 g/mol. The van der Waals surface area contributed by atoms with Gasteiger partial charge in [0.15, 0.2) is 30.6 Å². The second kappa shape index (κ2) is 17.0. The number of aliphatic carboxylic acids is 1. The maximum atomic E-state index is 15.0. The van der Waals surface area contributed by atoms with Crippen LogP contribution in [-0.4, -0.2) is 136 Å². The monoisotopic (exact) mass is 892 g/mol. The summed E-state index contributed by atoms with van der Waals surface area (Å²) in [5.41, 5.74) is -1.67. The number of unbranched alkanes of at least 4 members (excludes halogenated alkanes) is 1. The summed E-state index contributed by atoms with van der Waals surface area (Å²) in [7, 11) is 1.05. The highest BCUT2D eigenvalue weighted by molar-refractivity contribution is 5.95. The lowest BCUT2D eigenvalue weighted by atomic mass is 9.33. The van der Waals surface area contributed by atoms with Crippen molar-refractivity contribution < 1.29 is 78.2 Å². The molecule has 63 heavy (non-hydrogen) atoms. The van der Waals surface area contributed by atoms with Crippen LogP contribution in [0.5, 0.6) is 0 Å². The van der Waals surface area contributed by atoms with Gasteiger partial charge in [0.1, 0.15) is 36.6 Å². The van der Waals surface area contributed by atoms with Gasteiger partial charge in [0, 0.05) is 5.92 Å². The number of methoxy groups -OCH3 is 1. The van der Waals surface area contributed by atoms with E-state index in [-0.39, 0.29) is 41.0 Å². The zero-order valence-corrected chi connectivity index (χ0v) is 38.4. The highest BCUT2D eigenvalue weighted by Gasteiger charge is 2.71. The van der Waals surface area contributed by atoms with E-state index in [2.05, 4.69) is 41.5 Å². The maximum absolute atomic E-state index is 15.0. The molecule has 7 rings (SSSR count). The first kappa shape index (κ1) is 48.4. The number of rotatable bonds is 10. The number of hydrogen-bond donors (Lipinski definition) is 6. The van der Waals surface area contributed by atoms with E-state index in [0.29, 0.717) is 32.1 Å². The molecular weight excluding hydrogens is 821 g/mol. The van der Waals surface area contributed by atoms with Crippen LogP contribution in [0.15, 0.2) is 11.6 Å². The molecule has 0 spiro atoms. The molecule has 5 aliphatic carbocycles. The normalized spacial score (nSPS) is 49.2. The van der Waals surface area contributed by atoms with Gasteiger partial charge in [0.2, 0.25) is 0 Å². The molecule has 0 aromatic heterocycles. The Labute approximate surface area is 370 Å². The number of carbonyl (C=O) groups is 4. The molecule has 2 heterocycles. The number of carboxylic acids is 1. The molecule has 6 N–H and O–H groups in total. The Balaban J connectivity index is 1.18. The smallest absolute Gasteiger partial charge is 0.338 e. The number of hydrogen-bond acceptors (Lipinski definition) is 15. The van der Waals surface area contributed by atoms with E-state index in [1.54, 1.807) is 0 Å². The number of ketones is 1. The van der Waals surface area contributed by atoms with Gasteiger partial charge in [-0.3, -0.25) is 9.59 Å². The zero-order chi connectivity index (χ0) is 46.4. The van der Waals surface area contributed by atoms with Crippen LogP contribution in [-0.2, 0) is 47.6 Å². The van der Waals surface area contributed by atoms with Gasteiger partial charge in [-0.05, 0) is 116 Å². The fourth-order valence-electron chi connectivity index (χ4n) is 13.9. The van der Waals surface area contributed by atoms with Gasteiger partial charge in [0.25, 0.3) is 0 Å². The Morgan fingerprint density at radius 2 is 1.40 bits per heavy atom. The third kappa shape index (κ3) is 7.62. The molecule has 0 radical (unpaired) electrons. The van der Waals surface area contributed by atoms with E-state index in [4.69, 9.17) is 28.4 Å². The Bertz CT molecular complexity index is 1820. The van der Waals surface area contributed by atoms with Crippen molar-refractivity contribution in [1.29, 1.82) is 0 Å². The van der Waals surface area contributed by atoms with Crippen LogP contribution in [0, 0.1) is 50.2 Å². The maximum Gasteiger partial charge on any atom is 0.338 e. The SMILES string of the molecule is CCCCOC(=O)[C@H]1O[C@@H](OC2CC[C@@]3(C)C(CC[C@]4(C)C3C(=O)C=C3C5C[C@@](C)(C(=O)O)CC[C@]5(C)CCC34C)C2(C)C)[C@H](O[C@@H]2O[C@H](C(=O)OC)[C@@H](O)[C@@H](O)[C@H]2O)[C@H](O)[C@@H]1O. The van der Waals surface area contributed by atoms with Gasteiger partial charge in [-0.25, -0.2) is 9.59 Å². The molecule has 16 nitrogen and oxygen atoms in total. The number of ether oxygens (including phenoxy) is 6. The van der Waals surface area contributed by atoms with Crippen molar-refractivity contribution in [2.24, 2.45) is 50.2 Å². The summed E-state index contributed by atoms with van der Waals surface area (Å²) >= 11 is 0. The molecule has 2 aliphatic heterocycles. The largest absolute Gasteiger partial charge is 0.481 e. The van der Waals surface area contributed by atoms with Crippen LogP contribution in [0.4, 0.5) is 0 Å². The quantitative estimate of drug-likeness (QED) is 0.104. The van der Waals surface area contributed by atoms with Crippen LogP contribution < -0.4 is 0 Å². The van der Waals surface area contributed by atoms with Crippen molar-refractivity contribution >= 4 is 23.7 Å². The Morgan fingerprint density at radius 3 is 2.05 bits per heavy atom. The third-order valence-corrected chi connectivity index (χ3v) is 18.1. The molecule has 5 unspecified atom stereocenters. The number of aliphatic hydroxyl groups is 5. The van der Waals surface area contributed by atoms with Crippen molar-refractivity contribution in [3.8, 4) is 0 Å². The van der Waals surface area contributed by atoms with E-state index >= 15 is 0 Å². The molecule has 0 aromatic carbocycles. The number of carboxylic acid groups (broad SMARTS) is 1. The molecule has 19 atom stereocenters. The van der Waals surface area contributed by atoms with Crippen LogP contribution in [0.2, 0.25) is 0 Å². The summed E-state index contributed by atoms with van der Waals surface area (Å²) in [5, 5.41) is 65.3. The van der Waals surface area contributed by atoms with Gasteiger partial charge in [-0.15, -0.1) is 0 Å². The van der Waals surface area contributed by atoms with E-state index in [9.17, 15) is 49.8 Å². The molecule has 7 aliphatic rings. The van der Waals surface area contributed by atoms with Gasteiger partial charge >= 0.3 is 17.9 Å². The molecule has 356 valence electrons. The molecule has 4 saturated carbocycles. The van der Waals surface area contributed by atoms with E-state index in [0.717, 1.165) is 51.2 Å².